The Hall–Kier alpha value is -1.28. The molecule has 0 aliphatic carbocycles. The van der Waals surface area contributed by atoms with Gasteiger partial charge in [0.05, 0.1) is 38.1 Å². The second kappa shape index (κ2) is 14.1. The monoisotopic (exact) mass is 462 g/mol. The number of aliphatic hydroxyl groups excluding tert-OH is 1. The van der Waals surface area contributed by atoms with E-state index in [1.54, 1.807) is 0 Å². The molecule has 5 nitrogen and oxygen atoms in total. The zero-order valence-corrected chi connectivity index (χ0v) is 21.5. The van der Waals surface area contributed by atoms with Crippen molar-refractivity contribution in [3.05, 3.63) is 59.7 Å². The van der Waals surface area contributed by atoms with Crippen molar-refractivity contribution in [2.45, 2.75) is 70.9 Å². The van der Waals surface area contributed by atoms with Crippen LogP contribution in [0.5, 0.6) is 0 Å². The lowest BCUT2D eigenvalue weighted by atomic mass is 9.89. The van der Waals surface area contributed by atoms with Crippen molar-refractivity contribution in [3.8, 4) is 0 Å². The number of benzene rings is 1. The predicted octanol–water partition coefficient (Wildman–Crippen LogP) is 5.19. The van der Waals surface area contributed by atoms with Gasteiger partial charge in [0.15, 0.2) is 0 Å². The van der Waals surface area contributed by atoms with Crippen LogP contribution in [0.25, 0.3) is 0 Å². The van der Waals surface area contributed by atoms with E-state index in [1.807, 2.05) is 30.4 Å². The van der Waals surface area contributed by atoms with Gasteiger partial charge in [0.2, 0.25) is 0 Å². The molecule has 1 aliphatic rings. The summed E-state index contributed by atoms with van der Waals surface area (Å²) in [6.07, 6.45) is 6.59. The van der Waals surface area contributed by atoms with Crippen molar-refractivity contribution in [3.63, 3.8) is 0 Å². The van der Waals surface area contributed by atoms with Crippen LogP contribution in [0.15, 0.2) is 54.1 Å². The quantitative estimate of drug-likeness (QED) is 0.189. The Labute approximate surface area is 195 Å². The summed E-state index contributed by atoms with van der Waals surface area (Å²) < 4.78 is 23.4. The molecule has 1 aromatic carbocycles. The summed E-state index contributed by atoms with van der Waals surface area (Å²) in [5.74, 6) is 0.195. The molecule has 0 saturated carbocycles. The Morgan fingerprint density at radius 3 is 2.62 bits per heavy atom. The third kappa shape index (κ3) is 10.6. The Morgan fingerprint density at radius 2 is 1.94 bits per heavy atom. The van der Waals surface area contributed by atoms with Gasteiger partial charge < -0.3 is 24.1 Å². The van der Waals surface area contributed by atoms with E-state index in [2.05, 4.69) is 51.7 Å². The Bertz CT molecular complexity index is 698. The van der Waals surface area contributed by atoms with Gasteiger partial charge in [0.25, 0.3) is 0 Å². The highest BCUT2D eigenvalue weighted by Crippen LogP contribution is 2.30. The summed E-state index contributed by atoms with van der Waals surface area (Å²) in [5.41, 5.74) is 2.26. The van der Waals surface area contributed by atoms with Gasteiger partial charge in [-0.2, -0.15) is 0 Å². The maximum absolute atomic E-state index is 9.70. The fraction of sp³-hybridized carbons (Fsp3) is 0.615. The molecule has 1 aromatic rings. The van der Waals surface area contributed by atoms with Crippen LogP contribution in [0.1, 0.15) is 25.8 Å². The third-order valence-corrected chi connectivity index (χ3v) is 7.35. The predicted molar refractivity (Wildman–Crippen MR) is 132 cm³/mol. The van der Waals surface area contributed by atoms with E-state index < -0.39 is 8.07 Å². The number of allylic oxidation sites excluding steroid dienone is 2. The second-order valence-electron chi connectivity index (χ2n) is 9.86. The molecule has 0 unspecified atom stereocenters. The lowest BCUT2D eigenvalue weighted by molar-refractivity contribution is -0.147. The Balaban J connectivity index is 1.79. The number of ether oxygens (including phenoxy) is 4. The van der Waals surface area contributed by atoms with Gasteiger partial charge in [-0.15, -0.1) is 0 Å². The molecule has 32 heavy (non-hydrogen) atoms. The van der Waals surface area contributed by atoms with Crippen molar-refractivity contribution >= 4 is 8.07 Å². The van der Waals surface area contributed by atoms with E-state index in [0.29, 0.717) is 26.4 Å². The van der Waals surface area contributed by atoms with Crippen LogP contribution in [0.3, 0.4) is 0 Å². The van der Waals surface area contributed by atoms with Crippen molar-refractivity contribution in [1.29, 1.82) is 0 Å². The summed E-state index contributed by atoms with van der Waals surface area (Å²) >= 11 is 0. The van der Waals surface area contributed by atoms with E-state index in [1.165, 1.54) is 0 Å². The first kappa shape index (κ1) is 27.0. The zero-order chi connectivity index (χ0) is 23.4. The zero-order valence-electron chi connectivity index (χ0n) is 20.5. The van der Waals surface area contributed by atoms with E-state index in [4.69, 9.17) is 18.9 Å². The lowest BCUT2D eigenvalue weighted by Gasteiger charge is -2.39. The second-order valence-corrected chi connectivity index (χ2v) is 15.5. The maximum atomic E-state index is 9.70. The molecular weight excluding hydrogens is 420 g/mol. The standard InChI is InChI=1S/C26H42O5Si/c1-21(10-9-13-28-20-29-14-15-32(3,4)5)16-26-22(2)25(17-24(18-27)31-26)30-19-23-11-7-6-8-12-23/h6-12,16,22,24-27H,13-15,17-20H2,1-5H3/b10-9+,21-16-/t22-,24-,25+,26-/m1/s1. The normalized spacial score (nSPS) is 24.9. The van der Waals surface area contributed by atoms with Gasteiger partial charge >= 0.3 is 0 Å². The largest absolute Gasteiger partial charge is 0.394 e. The van der Waals surface area contributed by atoms with E-state index in [0.717, 1.165) is 23.8 Å². The van der Waals surface area contributed by atoms with Gasteiger partial charge in [-0.05, 0) is 18.5 Å². The number of rotatable bonds is 13. The molecule has 0 bridgehead atoms. The fourth-order valence-electron chi connectivity index (χ4n) is 3.55. The summed E-state index contributed by atoms with van der Waals surface area (Å²) in [6.45, 7) is 13.4. The average Bonchev–Trinajstić information content (AvgIpc) is 2.76. The lowest BCUT2D eigenvalue weighted by Crippen LogP contribution is -2.44. The number of aliphatic hydroxyl groups is 1. The average molecular weight is 463 g/mol. The van der Waals surface area contributed by atoms with Gasteiger partial charge in [0.1, 0.15) is 6.79 Å². The van der Waals surface area contributed by atoms with Crippen LogP contribution in [0.2, 0.25) is 25.7 Å². The van der Waals surface area contributed by atoms with Crippen molar-refractivity contribution in [2.75, 3.05) is 26.6 Å². The summed E-state index contributed by atoms with van der Waals surface area (Å²) in [4.78, 5) is 0. The first-order chi connectivity index (χ1) is 15.3. The fourth-order valence-corrected chi connectivity index (χ4v) is 4.31. The van der Waals surface area contributed by atoms with Gasteiger partial charge in [-0.25, -0.2) is 0 Å². The van der Waals surface area contributed by atoms with Gasteiger partial charge in [-0.1, -0.05) is 80.7 Å². The van der Waals surface area contributed by atoms with Crippen LogP contribution in [0, 0.1) is 5.92 Å². The molecule has 0 amide bonds. The first-order valence-electron chi connectivity index (χ1n) is 11.7. The molecule has 1 heterocycles. The summed E-state index contributed by atoms with van der Waals surface area (Å²) in [7, 11) is -1.05. The molecule has 1 fully saturated rings. The smallest absolute Gasteiger partial charge is 0.147 e. The van der Waals surface area contributed by atoms with E-state index in [9.17, 15) is 5.11 Å². The highest BCUT2D eigenvalue weighted by molar-refractivity contribution is 6.76. The minimum Gasteiger partial charge on any atom is -0.394 e. The molecule has 1 saturated heterocycles. The molecule has 2 rings (SSSR count). The minimum absolute atomic E-state index is 0.00267. The summed E-state index contributed by atoms with van der Waals surface area (Å²) in [6, 6.07) is 11.3. The molecule has 180 valence electrons. The van der Waals surface area contributed by atoms with Gasteiger partial charge in [-0.3, -0.25) is 0 Å². The Morgan fingerprint density at radius 1 is 1.19 bits per heavy atom. The molecule has 0 aromatic heterocycles. The van der Waals surface area contributed by atoms with E-state index in [-0.39, 0.29) is 30.8 Å². The number of hydrogen-bond donors (Lipinski definition) is 1. The van der Waals surface area contributed by atoms with Crippen molar-refractivity contribution < 1.29 is 24.1 Å². The number of hydrogen-bond acceptors (Lipinski definition) is 5. The Kier molecular flexibility index (Phi) is 11.9. The SMILES string of the molecule is CC(=C/[C@H]1O[C@@H](CO)C[C@H](OCc2ccccc2)[C@H]1C)/C=C/COCOCC[Si](C)(C)C. The topological polar surface area (TPSA) is 57.2 Å². The molecule has 4 atom stereocenters. The molecular formula is C26H42O5Si. The molecule has 6 heteroatoms. The van der Waals surface area contributed by atoms with Crippen LogP contribution in [0.4, 0.5) is 0 Å². The van der Waals surface area contributed by atoms with Crippen LogP contribution < -0.4 is 0 Å². The minimum atomic E-state index is -1.05. The molecule has 0 radical (unpaired) electrons. The highest BCUT2D eigenvalue weighted by atomic mass is 28.3. The molecule has 1 N–H and O–H groups in total. The van der Waals surface area contributed by atoms with Crippen LogP contribution in [-0.2, 0) is 25.6 Å². The highest BCUT2D eigenvalue weighted by Gasteiger charge is 2.35. The van der Waals surface area contributed by atoms with Crippen LogP contribution in [-0.4, -0.2) is 58.1 Å². The van der Waals surface area contributed by atoms with Crippen molar-refractivity contribution in [2.24, 2.45) is 5.92 Å². The van der Waals surface area contributed by atoms with E-state index >= 15 is 0 Å². The van der Waals surface area contributed by atoms with Crippen LogP contribution >= 0.6 is 0 Å². The summed E-state index contributed by atoms with van der Waals surface area (Å²) in [5, 5.41) is 9.70. The first-order valence-corrected chi connectivity index (χ1v) is 15.4. The van der Waals surface area contributed by atoms with Gasteiger partial charge in [0, 0.05) is 27.0 Å². The third-order valence-electron chi connectivity index (χ3n) is 5.65. The molecule has 0 spiro atoms. The van der Waals surface area contributed by atoms with Crippen molar-refractivity contribution in [1.82, 2.24) is 0 Å². The maximum Gasteiger partial charge on any atom is 0.147 e. The molecule has 1 aliphatic heterocycles.